The molecular weight excluding hydrogens is 336 g/mol. The highest BCUT2D eigenvalue weighted by Crippen LogP contribution is 2.21. The van der Waals surface area contributed by atoms with Gasteiger partial charge in [0, 0.05) is 18.4 Å². The van der Waals surface area contributed by atoms with E-state index in [-0.39, 0.29) is 5.91 Å². The van der Waals surface area contributed by atoms with Crippen LogP contribution in [0.4, 0.5) is 0 Å². The van der Waals surface area contributed by atoms with E-state index in [1.54, 1.807) is 6.20 Å². The van der Waals surface area contributed by atoms with Gasteiger partial charge >= 0.3 is 0 Å². The zero-order valence-corrected chi connectivity index (χ0v) is 15.7. The van der Waals surface area contributed by atoms with E-state index in [9.17, 15) is 4.79 Å². The van der Waals surface area contributed by atoms with E-state index in [2.05, 4.69) is 27.5 Å². The van der Waals surface area contributed by atoms with Gasteiger partial charge in [-0.25, -0.2) is 9.50 Å². The molecule has 0 fully saturated rings. The summed E-state index contributed by atoms with van der Waals surface area (Å²) in [7, 11) is 0. The predicted octanol–water partition coefficient (Wildman–Crippen LogP) is 3.75. The Hall–Kier alpha value is -2.69. The van der Waals surface area contributed by atoms with E-state index < -0.39 is 0 Å². The maximum absolute atomic E-state index is 12.6. The summed E-state index contributed by atoms with van der Waals surface area (Å²) < 4.78 is 1.89. The standard InChI is InChI=1S/C22H26N4O/c27-22(23-14-8-11-17-9-4-3-5-10-17)19-16-25-26-20-13-7-2-1-6-12-18(20)15-24-21(19)26/h3-5,9-10,15-16H,1-2,6-8,11-14H2,(H,23,27). The molecule has 1 N–H and O–H groups in total. The van der Waals surface area contributed by atoms with Crippen LogP contribution in [0, 0.1) is 0 Å². The second-order valence-corrected chi connectivity index (χ2v) is 7.28. The summed E-state index contributed by atoms with van der Waals surface area (Å²) in [4.78, 5) is 17.2. The molecule has 2 aromatic heterocycles. The van der Waals surface area contributed by atoms with Gasteiger partial charge in [-0.1, -0.05) is 43.2 Å². The number of nitrogens with one attached hydrogen (secondary N) is 1. The van der Waals surface area contributed by atoms with Gasteiger partial charge in [0.15, 0.2) is 5.65 Å². The van der Waals surface area contributed by atoms with Gasteiger partial charge in [0.1, 0.15) is 5.56 Å². The Kier molecular flexibility index (Phi) is 5.47. The second kappa shape index (κ2) is 8.33. The Morgan fingerprint density at radius 2 is 1.85 bits per heavy atom. The lowest BCUT2D eigenvalue weighted by Crippen LogP contribution is -2.25. The van der Waals surface area contributed by atoms with Crippen LogP contribution in [0.25, 0.3) is 5.65 Å². The largest absolute Gasteiger partial charge is 0.352 e. The van der Waals surface area contributed by atoms with Crippen molar-refractivity contribution in [3.05, 3.63) is 65.1 Å². The van der Waals surface area contributed by atoms with Crippen LogP contribution in [0.1, 0.15) is 59.3 Å². The fraction of sp³-hybridized carbons (Fsp3) is 0.409. The lowest BCUT2D eigenvalue weighted by atomic mass is 9.98. The molecule has 5 heteroatoms. The number of amides is 1. The highest BCUT2D eigenvalue weighted by molar-refractivity contribution is 5.99. The topological polar surface area (TPSA) is 59.3 Å². The summed E-state index contributed by atoms with van der Waals surface area (Å²) in [5.74, 6) is -0.0867. The first-order valence-corrected chi connectivity index (χ1v) is 9.99. The van der Waals surface area contributed by atoms with Crippen molar-refractivity contribution in [2.75, 3.05) is 6.54 Å². The van der Waals surface area contributed by atoms with E-state index >= 15 is 0 Å². The number of nitrogens with zero attached hydrogens (tertiary/aromatic N) is 3. The fourth-order valence-corrected chi connectivity index (χ4v) is 3.84. The fourth-order valence-electron chi connectivity index (χ4n) is 3.84. The van der Waals surface area contributed by atoms with Gasteiger partial charge in [0.2, 0.25) is 0 Å². The molecule has 2 heterocycles. The number of hydrogen-bond acceptors (Lipinski definition) is 3. The zero-order valence-electron chi connectivity index (χ0n) is 15.7. The minimum Gasteiger partial charge on any atom is -0.352 e. The van der Waals surface area contributed by atoms with Crippen molar-refractivity contribution in [2.45, 2.75) is 51.4 Å². The minimum atomic E-state index is -0.0867. The minimum absolute atomic E-state index is 0.0867. The third-order valence-electron chi connectivity index (χ3n) is 5.34. The van der Waals surface area contributed by atoms with Crippen molar-refractivity contribution in [1.29, 1.82) is 0 Å². The van der Waals surface area contributed by atoms with Gasteiger partial charge in [-0.2, -0.15) is 5.10 Å². The van der Waals surface area contributed by atoms with Gasteiger partial charge in [-0.15, -0.1) is 0 Å². The van der Waals surface area contributed by atoms with E-state index in [1.807, 2.05) is 28.9 Å². The third-order valence-corrected chi connectivity index (χ3v) is 5.34. The molecule has 0 saturated carbocycles. The molecule has 5 nitrogen and oxygen atoms in total. The Balaban J connectivity index is 1.43. The van der Waals surface area contributed by atoms with E-state index in [0.717, 1.165) is 25.7 Å². The number of rotatable bonds is 5. The van der Waals surface area contributed by atoms with Gasteiger partial charge in [-0.05, 0) is 49.7 Å². The van der Waals surface area contributed by atoms with Gasteiger partial charge < -0.3 is 5.32 Å². The molecule has 0 atom stereocenters. The maximum Gasteiger partial charge on any atom is 0.256 e. The van der Waals surface area contributed by atoms with Crippen LogP contribution in [-0.4, -0.2) is 27.0 Å². The SMILES string of the molecule is O=C(NCCCc1ccccc1)c1cnn2c3c(cnc12)CCCCCC3. The van der Waals surface area contributed by atoms with Crippen LogP contribution in [0.2, 0.25) is 0 Å². The third kappa shape index (κ3) is 4.02. The molecule has 1 aromatic carbocycles. The number of benzene rings is 1. The molecule has 1 aliphatic rings. The van der Waals surface area contributed by atoms with Crippen LogP contribution in [0.15, 0.2) is 42.7 Å². The number of carbonyl (C=O) groups is 1. The van der Waals surface area contributed by atoms with Crippen molar-refractivity contribution in [1.82, 2.24) is 19.9 Å². The van der Waals surface area contributed by atoms with Crippen LogP contribution in [0.3, 0.4) is 0 Å². The molecule has 4 rings (SSSR count). The van der Waals surface area contributed by atoms with E-state index in [1.165, 1.54) is 42.5 Å². The predicted molar refractivity (Wildman–Crippen MR) is 106 cm³/mol. The lowest BCUT2D eigenvalue weighted by Gasteiger charge is -2.14. The van der Waals surface area contributed by atoms with E-state index in [4.69, 9.17) is 0 Å². The molecule has 0 spiro atoms. The zero-order chi connectivity index (χ0) is 18.5. The first-order chi connectivity index (χ1) is 13.3. The Morgan fingerprint density at radius 3 is 2.70 bits per heavy atom. The van der Waals surface area contributed by atoms with Crippen molar-refractivity contribution < 1.29 is 4.79 Å². The average Bonchev–Trinajstić information content (AvgIpc) is 3.10. The number of carbonyl (C=O) groups excluding carboxylic acids is 1. The summed E-state index contributed by atoms with van der Waals surface area (Å²) in [5.41, 5.74) is 5.04. The molecule has 0 bridgehead atoms. The van der Waals surface area contributed by atoms with Gasteiger partial charge in [0.05, 0.1) is 6.20 Å². The first-order valence-electron chi connectivity index (χ1n) is 9.99. The van der Waals surface area contributed by atoms with E-state index in [0.29, 0.717) is 17.8 Å². The smallest absolute Gasteiger partial charge is 0.256 e. The van der Waals surface area contributed by atoms with Crippen LogP contribution in [0.5, 0.6) is 0 Å². The highest BCUT2D eigenvalue weighted by atomic mass is 16.1. The van der Waals surface area contributed by atoms with Crippen LogP contribution in [-0.2, 0) is 19.3 Å². The van der Waals surface area contributed by atoms with Crippen molar-refractivity contribution in [2.24, 2.45) is 0 Å². The summed E-state index contributed by atoms with van der Waals surface area (Å²) >= 11 is 0. The van der Waals surface area contributed by atoms with Crippen molar-refractivity contribution in [3.63, 3.8) is 0 Å². The second-order valence-electron chi connectivity index (χ2n) is 7.28. The van der Waals surface area contributed by atoms with Crippen LogP contribution < -0.4 is 5.32 Å². The molecule has 0 radical (unpaired) electrons. The Morgan fingerprint density at radius 1 is 1.04 bits per heavy atom. The molecule has 140 valence electrons. The summed E-state index contributed by atoms with van der Waals surface area (Å²) in [6, 6.07) is 10.3. The van der Waals surface area contributed by atoms with Gasteiger partial charge in [-0.3, -0.25) is 4.79 Å². The normalized spacial score (nSPS) is 14.4. The molecule has 3 aromatic rings. The van der Waals surface area contributed by atoms with Crippen LogP contribution >= 0.6 is 0 Å². The number of fused-ring (bicyclic) bond motifs is 3. The quantitative estimate of drug-likeness (QED) is 0.703. The number of hydrogen-bond donors (Lipinski definition) is 1. The number of aryl methyl sites for hydroxylation is 3. The Labute approximate surface area is 159 Å². The lowest BCUT2D eigenvalue weighted by molar-refractivity contribution is 0.0954. The summed E-state index contributed by atoms with van der Waals surface area (Å²) in [6.45, 7) is 0.649. The summed E-state index contributed by atoms with van der Waals surface area (Å²) in [5, 5.41) is 7.51. The molecule has 1 aliphatic carbocycles. The molecular formula is C22H26N4O. The molecule has 27 heavy (non-hydrogen) atoms. The summed E-state index contributed by atoms with van der Waals surface area (Å²) in [6.07, 6.45) is 12.5. The Bertz CT molecular complexity index is 917. The molecule has 0 unspecified atom stereocenters. The molecule has 0 saturated heterocycles. The average molecular weight is 362 g/mol. The monoisotopic (exact) mass is 362 g/mol. The number of aromatic nitrogens is 3. The van der Waals surface area contributed by atoms with Crippen molar-refractivity contribution >= 4 is 11.6 Å². The first kappa shape index (κ1) is 17.7. The van der Waals surface area contributed by atoms with Crippen molar-refractivity contribution in [3.8, 4) is 0 Å². The molecule has 0 aliphatic heterocycles. The molecule has 1 amide bonds. The van der Waals surface area contributed by atoms with Gasteiger partial charge in [0.25, 0.3) is 5.91 Å². The highest BCUT2D eigenvalue weighted by Gasteiger charge is 2.18. The maximum atomic E-state index is 12.6.